The van der Waals surface area contributed by atoms with Gasteiger partial charge in [-0.1, -0.05) is 23.4 Å². The van der Waals surface area contributed by atoms with Crippen molar-refractivity contribution >= 4 is 35.0 Å². The summed E-state index contributed by atoms with van der Waals surface area (Å²) >= 11 is 0. The van der Waals surface area contributed by atoms with E-state index in [1.54, 1.807) is 10.8 Å². The molecule has 0 saturated carbocycles. The van der Waals surface area contributed by atoms with E-state index in [9.17, 15) is 14.4 Å². The maximum atomic E-state index is 11.8. The highest BCUT2D eigenvalue weighted by Gasteiger charge is 2.47. The van der Waals surface area contributed by atoms with Crippen LogP contribution in [0.5, 0.6) is 0 Å². The van der Waals surface area contributed by atoms with Gasteiger partial charge in [0.1, 0.15) is 0 Å². The van der Waals surface area contributed by atoms with Crippen molar-refractivity contribution in [2.45, 2.75) is 45.3 Å². The number of oxime groups is 1. The lowest BCUT2D eigenvalue weighted by Crippen LogP contribution is -2.55. The fraction of sp³-hybridized carbons (Fsp3) is 0.400. The molecule has 2 aromatic rings. The van der Waals surface area contributed by atoms with Gasteiger partial charge in [-0.3, -0.25) is 14.4 Å². The van der Waals surface area contributed by atoms with Crippen LogP contribution in [0.4, 0.5) is 0 Å². The third-order valence-corrected chi connectivity index (χ3v) is 4.57. The normalized spacial score (nSPS) is 24.0. The van der Waals surface area contributed by atoms with Gasteiger partial charge in [-0.15, -0.1) is 0 Å². The monoisotopic (exact) mass is 418 g/mol. The van der Waals surface area contributed by atoms with Gasteiger partial charge in [-0.05, 0) is 6.07 Å². The second-order valence-electron chi connectivity index (χ2n) is 6.77. The Morgan fingerprint density at radius 3 is 2.33 bits per heavy atom. The van der Waals surface area contributed by atoms with Gasteiger partial charge in [-0.2, -0.15) is 0 Å². The molecule has 1 aromatic carbocycles. The van der Waals surface area contributed by atoms with Crippen molar-refractivity contribution in [2.75, 3.05) is 6.61 Å². The minimum atomic E-state index is -1.10. The number of esters is 3. The highest BCUT2D eigenvalue weighted by Crippen LogP contribution is 2.34. The third-order valence-electron chi connectivity index (χ3n) is 4.57. The molecule has 0 amide bonds. The molecule has 1 aromatic heterocycles. The molecule has 1 aliphatic heterocycles. The van der Waals surface area contributed by atoms with E-state index in [-0.39, 0.29) is 6.61 Å². The number of hydrogen-bond acceptors (Lipinski definition) is 9. The average Bonchev–Trinajstić information content (AvgIpc) is 3.02. The summed E-state index contributed by atoms with van der Waals surface area (Å²) in [7, 11) is 0. The molecule has 1 saturated heterocycles. The van der Waals surface area contributed by atoms with E-state index in [0.29, 0.717) is 11.1 Å². The number of carbonyl (C=O) groups excluding carboxylic acids is 3. The molecule has 0 radical (unpaired) electrons. The standard InChI is InChI=1S/C20H22N2O8/c1-11(23)28-17-10-27-20(19(30-13(3)25)18(17)29-12(2)24)22-9-14(8-21-26)15-6-4-5-7-16(15)22/h4-9,17-20,26H,10H2,1-3H3/b21-8+. The largest absolute Gasteiger partial charge is 0.456 e. The Labute approximate surface area is 171 Å². The predicted octanol–water partition coefficient (Wildman–Crippen LogP) is 1.77. The van der Waals surface area contributed by atoms with E-state index in [0.717, 1.165) is 5.39 Å². The van der Waals surface area contributed by atoms with Crippen molar-refractivity contribution in [1.29, 1.82) is 0 Å². The molecular formula is C20H22N2O8. The molecule has 3 rings (SSSR count). The van der Waals surface area contributed by atoms with Crippen molar-refractivity contribution < 1.29 is 38.5 Å². The van der Waals surface area contributed by atoms with Crippen molar-refractivity contribution in [3.05, 3.63) is 36.0 Å². The van der Waals surface area contributed by atoms with E-state index in [1.807, 2.05) is 24.3 Å². The first-order valence-corrected chi connectivity index (χ1v) is 9.22. The zero-order chi connectivity index (χ0) is 21.8. The smallest absolute Gasteiger partial charge is 0.303 e. The zero-order valence-electron chi connectivity index (χ0n) is 16.7. The maximum Gasteiger partial charge on any atom is 0.303 e. The number of rotatable bonds is 5. The van der Waals surface area contributed by atoms with Crippen molar-refractivity contribution in [3.8, 4) is 0 Å². The molecule has 0 aliphatic carbocycles. The number of hydrogen-bond donors (Lipinski definition) is 1. The van der Waals surface area contributed by atoms with Crippen molar-refractivity contribution in [2.24, 2.45) is 5.16 Å². The molecule has 160 valence electrons. The molecule has 10 heteroatoms. The molecule has 2 heterocycles. The fourth-order valence-electron chi connectivity index (χ4n) is 3.57. The average molecular weight is 418 g/mol. The van der Waals surface area contributed by atoms with Crippen LogP contribution in [0.15, 0.2) is 35.6 Å². The van der Waals surface area contributed by atoms with Gasteiger partial charge >= 0.3 is 17.9 Å². The Bertz CT molecular complexity index is 982. The number of para-hydroxylation sites is 1. The van der Waals surface area contributed by atoms with E-state index >= 15 is 0 Å². The molecule has 30 heavy (non-hydrogen) atoms. The summed E-state index contributed by atoms with van der Waals surface area (Å²) in [6.45, 7) is 3.56. The summed E-state index contributed by atoms with van der Waals surface area (Å²) in [5.41, 5.74) is 1.31. The number of aromatic nitrogens is 1. The van der Waals surface area contributed by atoms with Gasteiger partial charge in [0.2, 0.25) is 0 Å². The van der Waals surface area contributed by atoms with Crippen molar-refractivity contribution in [3.63, 3.8) is 0 Å². The summed E-state index contributed by atoms with van der Waals surface area (Å²) in [4.78, 5) is 35.1. The number of carbonyl (C=O) groups is 3. The van der Waals surface area contributed by atoms with Gasteiger partial charge < -0.3 is 28.7 Å². The fourth-order valence-corrected chi connectivity index (χ4v) is 3.57. The van der Waals surface area contributed by atoms with Crippen LogP contribution in [0.1, 0.15) is 32.6 Å². The van der Waals surface area contributed by atoms with E-state index in [2.05, 4.69) is 5.16 Å². The topological polar surface area (TPSA) is 126 Å². The lowest BCUT2D eigenvalue weighted by atomic mass is 10.0. The molecule has 4 atom stereocenters. The van der Waals surface area contributed by atoms with Gasteiger partial charge in [0, 0.05) is 37.9 Å². The summed E-state index contributed by atoms with van der Waals surface area (Å²) in [6, 6.07) is 7.29. The molecule has 10 nitrogen and oxygen atoms in total. The quantitative estimate of drug-likeness (QED) is 0.256. The molecule has 1 fully saturated rings. The first-order valence-electron chi connectivity index (χ1n) is 9.22. The Morgan fingerprint density at radius 1 is 1.07 bits per heavy atom. The second-order valence-corrected chi connectivity index (χ2v) is 6.77. The SMILES string of the molecule is CC(=O)OC1COC(n2cc(/C=N/O)c3ccccc32)C(OC(C)=O)C1OC(C)=O. The van der Waals surface area contributed by atoms with Gasteiger partial charge in [0.05, 0.1) is 18.3 Å². The Morgan fingerprint density at radius 2 is 1.70 bits per heavy atom. The number of benzene rings is 1. The molecule has 1 aliphatic rings. The second kappa shape index (κ2) is 8.95. The van der Waals surface area contributed by atoms with Gasteiger partial charge in [0.15, 0.2) is 24.5 Å². The summed E-state index contributed by atoms with van der Waals surface area (Å²) in [5.74, 6) is -1.84. The highest BCUT2D eigenvalue weighted by molar-refractivity contribution is 5.99. The zero-order valence-corrected chi connectivity index (χ0v) is 16.7. The summed E-state index contributed by atoms with van der Waals surface area (Å²) < 4.78 is 23.7. The Balaban J connectivity index is 2.09. The van der Waals surface area contributed by atoms with Crippen LogP contribution in [0.3, 0.4) is 0 Å². The summed E-state index contributed by atoms with van der Waals surface area (Å²) in [5, 5.41) is 12.8. The minimum absolute atomic E-state index is 0.0874. The van der Waals surface area contributed by atoms with E-state index in [1.165, 1.54) is 27.0 Å². The first kappa shape index (κ1) is 21.3. The van der Waals surface area contributed by atoms with Gasteiger partial charge in [0.25, 0.3) is 0 Å². The van der Waals surface area contributed by atoms with Crippen LogP contribution in [-0.2, 0) is 33.3 Å². The molecular weight excluding hydrogens is 396 g/mol. The minimum Gasteiger partial charge on any atom is -0.456 e. The van der Waals surface area contributed by atoms with E-state index < -0.39 is 42.4 Å². The van der Waals surface area contributed by atoms with Crippen LogP contribution in [-0.4, -0.2) is 58.8 Å². The number of fused-ring (bicyclic) bond motifs is 1. The van der Waals surface area contributed by atoms with E-state index in [4.69, 9.17) is 24.2 Å². The lowest BCUT2D eigenvalue weighted by Gasteiger charge is -2.41. The first-order chi connectivity index (χ1) is 14.3. The molecule has 0 bridgehead atoms. The lowest BCUT2D eigenvalue weighted by molar-refractivity contribution is -0.239. The van der Waals surface area contributed by atoms with Crippen LogP contribution < -0.4 is 0 Å². The molecule has 4 unspecified atom stereocenters. The number of nitrogens with zero attached hydrogens (tertiary/aromatic N) is 2. The molecule has 1 N–H and O–H groups in total. The Hall–Kier alpha value is -3.40. The van der Waals surface area contributed by atoms with Crippen LogP contribution in [0, 0.1) is 0 Å². The third kappa shape index (κ3) is 4.43. The van der Waals surface area contributed by atoms with Crippen LogP contribution in [0.25, 0.3) is 10.9 Å². The molecule has 0 spiro atoms. The Kier molecular flexibility index (Phi) is 6.36. The van der Waals surface area contributed by atoms with Crippen molar-refractivity contribution in [1.82, 2.24) is 4.57 Å². The van der Waals surface area contributed by atoms with Crippen LogP contribution >= 0.6 is 0 Å². The number of ether oxygens (including phenoxy) is 4. The summed E-state index contributed by atoms with van der Waals surface area (Å²) in [6.07, 6.45) is -1.08. The highest BCUT2D eigenvalue weighted by atomic mass is 16.6. The predicted molar refractivity (Wildman–Crippen MR) is 103 cm³/mol. The maximum absolute atomic E-state index is 11.8. The van der Waals surface area contributed by atoms with Crippen LogP contribution in [0.2, 0.25) is 0 Å². The van der Waals surface area contributed by atoms with Gasteiger partial charge in [-0.25, -0.2) is 0 Å².